The molecular formula is C28H36FN7O2. The number of benzene rings is 1. The molecule has 0 unspecified atom stereocenters. The number of pyridine rings is 1. The summed E-state index contributed by atoms with van der Waals surface area (Å²) in [5.41, 5.74) is 1.98. The summed E-state index contributed by atoms with van der Waals surface area (Å²) in [6.07, 6.45) is 4.91. The standard InChI is InChI=1S/C28H36FN7O2/c1-18(2)31-26(37)20-6-10-22(11-7-20)36-24-16-25(35-14-12-34(3)13-15-35)30-17-23(24)32-28(36)33-27(38)19-4-8-21(29)9-5-19/h4-5,8-9,16-18,20,22H,6-7,10-15H2,1-3H3,(H,31,37)(H,32,33,38). The van der Waals surface area contributed by atoms with E-state index in [1.54, 1.807) is 6.20 Å². The molecule has 1 aliphatic heterocycles. The van der Waals surface area contributed by atoms with Gasteiger partial charge in [-0.1, -0.05) is 0 Å². The first kappa shape index (κ1) is 26.1. The van der Waals surface area contributed by atoms with Crippen LogP contribution in [0.4, 0.5) is 16.2 Å². The minimum absolute atomic E-state index is 0.0109. The molecule has 2 aliphatic rings. The van der Waals surface area contributed by atoms with Crippen molar-refractivity contribution in [2.45, 2.75) is 51.6 Å². The van der Waals surface area contributed by atoms with Crippen molar-refractivity contribution < 1.29 is 14.0 Å². The van der Waals surface area contributed by atoms with Crippen LogP contribution >= 0.6 is 0 Å². The number of imidazole rings is 1. The fourth-order valence-electron chi connectivity index (χ4n) is 5.43. The van der Waals surface area contributed by atoms with Gasteiger partial charge >= 0.3 is 0 Å². The number of aromatic nitrogens is 3. The summed E-state index contributed by atoms with van der Waals surface area (Å²) >= 11 is 0. The molecule has 5 rings (SSSR count). The predicted molar refractivity (Wildman–Crippen MR) is 146 cm³/mol. The van der Waals surface area contributed by atoms with E-state index in [0.717, 1.165) is 63.2 Å². The number of rotatable bonds is 6. The highest BCUT2D eigenvalue weighted by atomic mass is 19.1. The van der Waals surface area contributed by atoms with E-state index < -0.39 is 5.82 Å². The molecule has 0 bridgehead atoms. The zero-order valence-corrected chi connectivity index (χ0v) is 22.3. The van der Waals surface area contributed by atoms with Gasteiger partial charge in [0, 0.05) is 55.8 Å². The summed E-state index contributed by atoms with van der Waals surface area (Å²) in [4.78, 5) is 39.7. The number of hydrogen-bond donors (Lipinski definition) is 2. The Hall–Kier alpha value is -3.53. The number of carbonyl (C=O) groups excluding carboxylic acids is 2. The van der Waals surface area contributed by atoms with Gasteiger partial charge in [-0.15, -0.1) is 0 Å². The number of nitrogens with one attached hydrogen (secondary N) is 2. The van der Waals surface area contributed by atoms with E-state index in [9.17, 15) is 14.0 Å². The van der Waals surface area contributed by atoms with E-state index in [1.807, 2.05) is 13.8 Å². The Kier molecular flexibility index (Phi) is 7.60. The van der Waals surface area contributed by atoms with Crippen LogP contribution < -0.4 is 15.5 Å². The van der Waals surface area contributed by atoms with Gasteiger partial charge in [0.1, 0.15) is 17.2 Å². The lowest BCUT2D eigenvalue weighted by atomic mass is 9.85. The van der Waals surface area contributed by atoms with Gasteiger partial charge in [-0.3, -0.25) is 14.9 Å². The molecule has 0 radical (unpaired) electrons. The minimum Gasteiger partial charge on any atom is -0.354 e. The largest absolute Gasteiger partial charge is 0.354 e. The zero-order chi connectivity index (χ0) is 26.8. The van der Waals surface area contributed by atoms with E-state index in [0.29, 0.717) is 17.0 Å². The van der Waals surface area contributed by atoms with Crippen molar-refractivity contribution >= 4 is 34.6 Å². The summed E-state index contributed by atoms with van der Waals surface area (Å²) in [5, 5.41) is 6.00. The molecule has 3 heterocycles. The normalized spacial score (nSPS) is 20.6. The van der Waals surface area contributed by atoms with Gasteiger partial charge in [-0.05, 0) is 70.8 Å². The van der Waals surface area contributed by atoms with Gasteiger partial charge in [0.15, 0.2) is 0 Å². The van der Waals surface area contributed by atoms with Crippen LogP contribution in [-0.2, 0) is 4.79 Å². The van der Waals surface area contributed by atoms with Crippen LogP contribution in [0.3, 0.4) is 0 Å². The maximum atomic E-state index is 13.4. The number of fused-ring (bicyclic) bond motifs is 1. The van der Waals surface area contributed by atoms with Gasteiger partial charge in [0.2, 0.25) is 11.9 Å². The fraction of sp³-hybridized carbons (Fsp3) is 0.500. The van der Waals surface area contributed by atoms with Gasteiger partial charge in [0.05, 0.1) is 11.7 Å². The molecular weight excluding hydrogens is 485 g/mol. The molecule has 3 aromatic rings. The lowest BCUT2D eigenvalue weighted by Crippen LogP contribution is -2.44. The Balaban J connectivity index is 1.45. The average Bonchev–Trinajstić information content (AvgIpc) is 3.26. The Bertz CT molecular complexity index is 1290. The highest BCUT2D eigenvalue weighted by Gasteiger charge is 2.30. The molecule has 38 heavy (non-hydrogen) atoms. The van der Waals surface area contributed by atoms with Crippen molar-refractivity contribution in [1.82, 2.24) is 24.8 Å². The molecule has 1 saturated heterocycles. The number of likely N-dealkylation sites (N-methyl/N-ethyl adjacent to an activating group) is 1. The van der Waals surface area contributed by atoms with Crippen LogP contribution in [-0.4, -0.2) is 70.5 Å². The van der Waals surface area contributed by atoms with E-state index in [4.69, 9.17) is 4.98 Å². The molecule has 1 aromatic carbocycles. The number of anilines is 2. The van der Waals surface area contributed by atoms with E-state index >= 15 is 0 Å². The molecule has 0 spiro atoms. The van der Waals surface area contributed by atoms with Crippen molar-refractivity contribution in [3.05, 3.63) is 47.9 Å². The monoisotopic (exact) mass is 521 g/mol. The summed E-state index contributed by atoms with van der Waals surface area (Å²) in [5.74, 6) is 0.701. The van der Waals surface area contributed by atoms with Gasteiger partial charge in [0.25, 0.3) is 5.91 Å². The average molecular weight is 522 g/mol. The minimum atomic E-state index is -0.394. The number of nitrogens with zero attached hydrogens (tertiary/aromatic N) is 5. The van der Waals surface area contributed by atoms with Crippen molar-refractivity contribution in [2.75, 3.05) is 43.4 Å². The molecule has 202 valence electrons. The van der Waals surface area contributed by atoms with Gasteiger partial charge < -0.3 is 19.7 Å². The molecule has 2 amide bonds. The second-order valence-electron chi connectivity index (χ2n) is 10.8. The molecule has 1 saturated carbocycles. The van der Waals surface area contributed by atoms with Crippen LogP contribution in [0, 0.1) is 11.7 Å². The molecule has 10 heteroatoms. The van der Waals surface area contributed by atoms with Crippen LogP contribution in [0.25, 0.3) is 11.0 Å². The van der Waals surface area contributed by atoms with Crippen molar-refractivity contribution in [3.8, 4) is 0 Å². The fourth-order valence-corrected chi connectivity index (χ4v) is 5.43. The summed E-state index contributed by atoms with van der Waals surface area (Å²) < 4.78 is 15.5. The number of halogens is 1. The van der Waals surface area contributed by atoms with Crippen molar-refractivity contribution in [1.29, 1.82) is 0 Å². The SMILES string of the molecule is CC(C)NC(=O)C1CCC(n2c(NC(=O)c3ccc(F)cc3)nc3cnc(N4CCN(C)CC4)cc32)CC1. The number of amides is 2. The Morgan fingerprint density at radius 2 is 1.71 bits per heavy atom. The first-order chi connectivity index (χ1) is 18.3. The molecule has 9 nitrogen and oxygen atoms in total. The number of carbonyl (C=O) groups is 2. The summed E-state index contributed by atoms with van der Waals surface area (Å²) in [6, 6.07) is 7.73. The molecule has 2 N–H and O–H groups in total. The Morgan fingerprint density at radius 3 is 2.37 bits per heavy atom. The predicted octanol–water partition coefficient (Wildman–Crippen LogP) is 3.83. The Labute approximate surface area is 222 Å². The van der Waals surface area contributed by atoms with Crippen LogP contribution in [0.5, 0.6) is 0 Å². The van der Waals surface area contributed by atoms with Crippen molar-refractivity contribution in [2.24, 2.45) is 5.92 Å². The van der Waals surface area contributed by atoms with Crippen LogP contribution in [0.1, 0.15) is 55.9 Å². The van der Waals surface area contributed by atoms with Crippen LogP contribution in [0.15, 0.2) is 36.5 Å². The molecule has 2 fully saturated rings. The van der Waals surface area contributed by atoms with Crippen LogP contribution in [0.2, 0.25) is 0 Å². The number of piperazine rings is 1. The number of hydrogen-bond acceptors (Lipinski definition) is 6. The first-order valence-corrected chi connectivity index (χ1v) is 13.5. The Morgan fingerprint density at radius 1 is 1.03 bits per heavy atom. The van der Waals surface area contributed by atoms with E-state index in [1.165, 1.54) is 24.3 Å². The first-order valence-electron chi connectivity index (χ1n) is 13.5. The lowest BCUT2D eigenvalue weighted by Gasteiger charge is -2.33. The zero-order valence-electron chi connectivity index (χ0n) is 22.3. The van der Waals surface area contributed by atoms with Crippen molar-refractivity contribution in [3.63, 3.8) is 0 Å². The highest BCUT2D eigenvalue weighted by molar-refractivity contribution is 6.04. The highest BCUT2D eigenvalue weighted by Crippen LogP contribution is 2.37. The maximum absolute atomic E-state index is 13.4. The second kappa shape index (κ2) is 11.1. The van der Waals surface area contributed by atoms with Gasteiger partial charge in [-0.25, -0.2) is 14.4 Å². The third kappa shape index (κ3) is 5.65. The summed E-state index contributed by atoms with van der Waals surface area (Å²) in [7, 11) is 2.12. The summed E-state index contributed by atoms with van der Waals surface area (Å²) in [6.45, 7) is 7.69. The quantitative estimate of drug-likeness (QED) is 0.512. The topological polar surface area (TPSA) is 95.4 Å². The smallest absolute Gasteiger partial charge is 0.257 e. The maximum Gasteiger partial charge on any atom is 0.257 e. The molecule has 1 aliphatic carbocycles. The third-order valence-corrected chi connectivity index (χ3v) is 7.58. The van der Waals surface area contributed by atoms with E-state index in [2.05, 4.69) is 43.1 Å². The third-order valence-electron chi connectivity index (χ3n) is 7.58. The van der Waals surface area contributed by atoms with Gasteiger partial charge in [-0.2, -0.15) is 0 Å². The second-order valence-corrected chi connectivity index (χ2v) is 10.8. The molecule has 0 atom stereocenters. The molecule has 2 aromatic heterocycles. The van der Waals surface area contributed by atoms with E-state index in [-0.39, 0.29) is 29.8 Å². The lowest BCUT2D eigenvalue weighted by molar-refractivity contribution is -0.126.